The van der Waals surface area contributed by atoms with E-state index in [4.69, 9.17) is 14.7 Å². The van der Waals surface area contributed by atoms with Gasteiger partial charge in [0.2, 0.25) is 0 Å². The van der Waals surface area contributed by atoms with Crippen LogP contribution in [0, 0.1) is 11.3 Å². The smallest absolute Gasteiger partial charge is 0.255 e. The molecule has 1 N–H and O–H groups in total. The normalized spacial score (nSPS) is 9.89. The van der Waals surface area contributed by atoms with Crippen LogP contribution in [0.5, 0.6) is 11.5 Å². The average Bonchev–Trinajstić information content (AvgIpc) is 2.73. The molecule has 3 rings (SSSR count). The van der Waals surface area contributed by atoms with Gasteiger partial charge in [0.1, 0.15) is 24.7 Å². The van der Waals surface area contributed by atoms with Gasteiger partial charge >= 0.3 is 0 Å². The van der Waals surface area contributed by atoms with E-state index in [2.05, 4.69) is 5.32 Å². The third-order valence-electron chi connectivity index (χ3n) is 3.73. The third kappa shape index (κ3) is 5.35. The predicted octanol–water partition coefficient (Wildman–Crippen LogP) is 4.27. The molecule has 0 aliphatic rings. The monoisotopic (exact) mass is 358 g/mol. The number of ether oxygens (including phenoxy) is 2. The van der Waals surface area contributed by atoms with Crippen LogP contribution in [0.3, 0.4) is 0 Å². The van der Waals surface area contributed by atoms with Crippen molar-refractivity contribution in [3.05, 3.63) is 90.0 Å². The number of carbonyl (C=O) groups excluding carboxylic acids is 1. The van der Waals surface area contributed by atoms with E-state index in [0.717, 1.165) is 5.75 Å². The number of anilines is 1. The highest BCUT2D eigenvalue weighted by molar-refractivity contribution is 6.04. The zero-order chi connectivity index (χ0) is 18.9. The van der Waals surface area contributed by atoms with Crippen molar-refractivity contribution in [3.8, 4) is 17.6 Å². The van der Waals surface area contributed by atoms with Crippen molar-refractivity contribution in [3.63, 3.8) is 0 Å². The first-order valence-electron chi connectivity index (χ1n) is 8.47. The van der Waals surface area contributed by atoms with Crippen LogP contribution in [0.2, 0.25) is 0 Å². The van der Waals surface area contributed by atoms with E-state index >= 15 is 0 Å². The average molecular weight is 358 g/mol. The Labute approximate surface area is 157 Å². The van der Waals surface area contributed by atoms with Crippen LogP contribution in [-0.2, 0) is 0 Å². The van der Waals surface area contributed by atoms with Gasteiger partial charge in [0.15, 0.2) is 0 Å². The number of benzene rings is 3. The Hall–Kier alpha value is -3.78. The summed E-state index contributed by atoms with van der Waals surface area (Å²) < 4.78 is 11.2. The zero-order valence-electron chi connectivity index (χ0n) is 14.6. The van der Waals surface area contributed by atoms with Crippen molar-refractivity contribution in [1.82, 2.24) is 0 Å². The van der Waals surface area contributed by atoms with E-state index < -0.39 is 0 Å². The highest BCUT2D eigenvalue weighted by atomic mass is 16.5. The maximum atomic E-state index is 12.4. The molecule has 0 unspecified atom stereocenters. The molecule has 0 heterocycles. The highest BCUT2D eigenvalue weighted by Gasteiger charge is 2.07. The largest absolute Gasteiger partial charge is 0.490 e. The van der Waals surface area contributed by atoms with Gasteiger partial charge in [0, 0.05) is 11.3 Å². The van der Waals surface area contributed by atoms with Gasteiger partial charge in [-0.15, -0.1) is 0 Å². The molecule has 3 aromatic carbocycles. The summed E-state index contributed by atoms with van der Waals surface area (Å²) in [6.45, 7) is 0.779. The van der Waals surface area contributed by atoms with Gasteiger partial charge in [-0.25, -0.2) is 0 Å². The minimum atomic E-state index is -0.245. The Kier molecular flexibility index (Phi) is 6.05. The fourth-order valence-corrected chi connectivity index (χ4v) is 2.39. The molecule has 1 amide bonds. The van der Waals surface area contributed by atoms with Crippen molar-refractivity contribution < 1.29 is 14.3 Å². The Morgan fingerprint density at radius 3 is 2.22 bits per heavy atom. The highest BCUT2D eigenvalue weighted by Crippen LogP contribution is 2.16. The summed E-state index contributed by atoms with van der Waals surface area (Å²) in [6, 6.07) is 25.2. The molecule has 0 bridgehead atoms. The minimum Gasteiger partial charge on any atom is -0.490 e. The first kappa shape index (κ1) is 18.0. The Balaban J connectivity index is 1.53. The first-order valence-corrected chi connectivity index (χ1v) is 8.47. The second kappa shape index (κ2) is 9.07. The van der Waals surface area contributed by atoms with E-state index in [1.165, 1.54) is 0 Å². The quantitative estimate of drug-likeness (QED) is 0.640. The van der Waals surface area contributed by atoms with Crippen molar-refractivity contribution >= 4 is 11.6 Å². The van der Waals surface area contributed by atoms with Gasteiger partial charge in [-0.1, -0.05) is 24.3 Å². The number of nitriles is 1. The summed E-state index contributed by atoms with van der Waals surface area (Å²) in [7, 11) is 0. The van der Waals surface area contributed by atoms with Gasteiger partial charge in [-0.3, -0.25) is 4.79 Å². The molecule has 5 heteroatoms. The zero-order valence-corrected chi connectivity index (χ0v) is 14.6. The van der Waals surface area contributed by atoms with E-state index in [1.54, 1.807) is 48.5 Å². The van der Waals surface area contributed by atoms with Crippen molar-refractivity contribution in [2.24, 2.45) is 0 Å². The summed E-state index contributed by atoms with van der Waals surface area (Å²) in [5.74, 6) is 1.14. The standard InChI is InChI=1S/C22H18N2O3/c23-16-17-9-11-19(12-10-17)24-22(25)18-5-4-8-21(15-18)27-14-13-26-20-6-2-1-3-7-20/h1-12,15H,13-14H2,(H,24,25). The summed E-state index contributed by atoms with van der Waals surface area (Å²) >= 11 is 0. The van der Waals surface area contributed by atoms with E-state index in [0.29, 0.717) is 35.8 Å². The lowest BCUT2D eigenvalue weighted by Crippen LogP contribution is -2.13. The summed E-state index contributed by atoms with van der Waals surface area (Å²) in [6.07, 6.45) is 0. The fourth-order valence-electron chi connectivity index (χ4n) is 2.39. The second-order valence-electron chi connectivity index (χ2n) is 5.68. The van der Waals surface area contributed by atoms with Crippen LogP contribution in [0.15, 0.2) is 78.9 Å². The van der Waals surface area contributed by atoms with Gasteiger partial charge in [0.05, 0.1) is 11.6 Å². The number of rotatable bonds is 7. The molecule has 27 heavy (non-hydrogen) atoms. The lowest BCUT2D eigenvalue weighted by molar-refractivity contribution is 0.102. The molecule has 0 spiro atoms. The van der Waals surface area contributed by atoms with Crippen LogP contribution in [0.4, 0.5) is 5.69 Å². The number of hydrogen-bond acceptors (Lipinski definition) is 4. The number of nitrogens with zero attached hydrogens (tertiary/aromatic N) is 1. The number of carbonyl (C=O) groups is 1. The van der Waals surface area contributed by atoms with Gasteiger partial charge < -0.3 is 14.8 Å². The Morgan fingerprint density at radius 2 is 1.52 bits per heavy atom. The van der Waals surface area contributed by atoms with Crippen LogP contribution >= 0.6 is 0 Å². The van der Waals surface area contributed by atoms with Crippen molar-refractivity contribution in [2.75, 3.05) is 18.5 Å². The molecule has 0 aliphatic carbocycles. The molecule has 134 valence electrons. The van der Waals surface area contributed by atoms with Gasteiger partial charge in [0.25, 0.3) is 5.91 Å². The molecule has 0 aliphatic heterocycles. The summed E-state index contributed by atoms with van der Waals surface area (Å²) in [5, 5.41) is 11.6. The SMILES string of the molecule is N#Cc1ccc(NC(=O)c2cccc(OCCOc3ccccc3)c2)cc1. The molecule has 5 nitrogen and oxygen atoms in total. The van der Waals surface area contributed by atoms with Gasteiger partial charge in [-0.2, -0.15) is 5.26 Å². The van der Waals surface area contributed by atoms with E-state index in [-0.39, 0.29) is 5.91 Å². The van der Waals surface area contributed by atoms with Gasteiger partial charge in [-0.05, 0) is 54.6 Å². The summed E-state index contributed by atoms with van der Waals surface area (Å²) in [4.78, 5) is 12.4. The first-order chi connectivity index (χ1) is 13.2. The maximum Gasteiger partial charge on any atom is 0.255 e. The third-order valence-corrected chi connectivity index (χ3v) is 3.73. The number of amides is 1. The van der Waals surface area contributed by atoms with E-state index in [9.17, 15) is 4.79 Å². The number of para-hydroxylation sites is 1. The maximum absolute atomic E-state index is 12.4. The molecule has 0 aromatic heterocycles. The predicted molar refractivity (Wildman–Crippen MR) is 103 cm³/mol. The van der Waals surface area contributed by atoms with Crippen molar-refractivity contribution in [2.45, 2.75) is 0 Å². The molecule has 0 saturated heterocycles. The van der Waals surface area contributed by atoms with E-state index in [1.807, 2.05) is 36.4 Å². The number of nitrogens with one attached hydrogen (secondary N) is 1. The molecule has 0 fully saturated rings. The van der Waals surface area contributed by atoms with Crippen LogP contribution in [-0.4, -0.2) is 19.1 Å². The second-order valence-corrected chi connectivity index (χ2v) is 5.68. The Morgan fingerprint density at radius 1 is 0.852 bits per heavy atom. The topological polar surface area (TPSA) is 71.4 Å². The fraction of sp³-hybridized carbons (Fsp3) is 0.0909. The lowest BCUT2D eigenvalue weighted by Gasteiger charge is -2.10. The van der Waals surface area contributed by atoms with Crippen LogP contribution in [0.25, 0.3) is 0 Å². The summed E-state index contributed by atoms with van der Waals surface area (Å²) in [5.41, 5.74) is 1.66. The molecule has 3 aromatic rings. The molecular formula is C22H18N2O3. The molecular weight excluding hydrogens is 340 g/mol. The minimum absolute atomic E-state index is 0.245. The van der Waals surface area contributed by atoms with Crippen LogP contribution in [0.1, 0.15) is 15.9 Å². The lowest BCUT2D eigenvalue weighted by atomic mass is 10.2. The Bertz CT molecular complexity index is 932. The molecule has 0 radical (unpaired) electrons. The van der Waals surface area contributed by atoms with Crippen molar-refractivity contribution in [1.29, 1.82) is 5.26 Å². The molecule has 0 atom stereocenters. The molecule has 0 saturated carbocycles. The number of hydrogen-bond donors (Lipinski definition) is 1. The van der Waals surface area contributed by atoms with Crippen LogP contribution < -0.4 is 14.8 Å².